The minimum atomic E-state index is -0.234. The van der Waals surface area contributed by atoms with Gasteiger partial charge in [0.25, 0.3) is 5.91 Å². The Labute approximate surface area is 170 Å². The van der Waals surface area contributed by atoms with E-state index in [0.29, 0.717) is 23.7 Å². The molecular weight excluding hydrogens is 376 g/mol. The van der Waals surface area contributed by atoms with E-state index in [0.717, 1.165) is 29.7 Å². The molecule has 2 amide bonds. The Morgan fingerprint density at radius 3 is 2.71 bits per heavy atom. The van der Waals surface area contributed by atoms with Gasteiger partial charge in [-0.3, -0.25) is 9.59 Å². The van der Waals surface area contributed by atoms with Crippen LogP contribution in [0.3, 0.4) is 0 Å². The molecule has 5 nitrogen and oxygen atoms in total. The van der Waals surface area contributed by atoms with Crippen molar-refractivity contribution >= 4 is 29.1 Å². The van der Waals surface area contributed by atoms with Crippen molar-refractivity contribution in [2.24, 2.45) is 0 Å². The number of benzene rings is 2. The lowest BCUT2D eigenvalue weighted by molar-refractivity contribution is -0.117. The Kier molecular flexibility index (Phi) is 6.70. The average Bonchev–Trinajstić information content (AvgIpc) is 3.17. The van der Waals surface area contributed by atoms with E-state index in [1.54, 1.807) is 29.2 Å². The number of hydrogen-bond acceptors (Lipinski definition) is 3. The first-order valence-corrected chi connectivity index (χ1v) is 9.84. The molecule has 0 aliphatic carbocycles. The fourth-order valence-electron chi connectivity index (χ4n) is 3.31. The highest BCUT2D eigenvalue weighted by molar-refractivity contribution is 6.31. The second-order valence-electron chi connectivity index (χ2n) is 7.13. The Hall–Kier alpha value is -2.37. The van der Waals surface area contributed by atoms with Gasteiger partial charge in [-0.2, -0.15) is 0 Å². The Morgan fingerprint density at radius 1 is 1.21 bits per heavy atom. The van der Waals surface area contributed by atoms with Gasteiger partial charge in [0.1, 0.15) is 6.54 Å². The van der Waals surface area contributed by atoms with Gasteiger partial charge in [0, 0.05) is 29.4 Å². The topological polar surface area (TPSA) is 58.6 Å². The van der Waals surface area contributed by atoms with Crippen LogP contribution in [0.2, 0.25) is 5.02 Å². The Morgan fingerprint density at radius 2 is 2.00 bits per heavy atom. The van der Waals surface area contributed by atoms with Crippen LogP contribution in [0.5, 0.6) is 0 Å². The van der Waals surface area contributed by atoms with Gasteiger partial charge in [-0.25, -0.2) is 0 Å². The minimum absolute atomic E-state index is 0.0431. The zero-order chi connectivity index (χ0) is 20.1. The summed E-state index contributed by atoms with van der Waals surface area (Å²) in [6.07, 6.45) is 1.81. The van der Waals surface area contributed by atoms with Gasteiger partial charge in [0.2, 0.25) is 5.91 Å². The summed E-state index contributed by atoms with van der Waals surface area (Å²) in [6, 6.07) is 12.5. The van der Waals surface area contributed by atoms with E-state index in [-0.39, 0.29) is 24.5 Å². The van der Waals surface area contributed by atoms with Crippen molar-refractivity contribution in [2.45, 2.75) is 32.8 Å². The van der Waals surface area contributed by atoms with Crippen LogP contribution < -0.4 is 5.32 Å². The van der Waals surface area contributed by atoms with Gasteiger partial charge in [0.05, 0.1) is 6.10 Å². The van der Waals surface area contributed by atoms with E-state index in [1.807, 2.05) is 32.0 Å². The molecule has 0 saturated carbocycles. The number of ether oxygens (including phenoxy) is 1. The third-order valence-corrected chi connectivity index (χ3v) is 5.26. The number of amides is 2. The largest absolute Gasteiger partial charge is 0.376 e. The summed E-state index contributed by atoms with van der Waals surface area (Å²) in [5.74, 6) is -0.462. The zero-order valence-electron chi connectivity index (χ0n) is 16.2. The van der Waals surface area contributed by atoms with Crippen molar-refractivity contribution in [1.82, 2.24) is 4.90 Å². The van der Waals surface area contributed by atoms with Gasteiger partial charge in [0.15, 0.2) is 0 Å². The number of nitrogens with zero attached hydrogens (tertiary/aromatic N) is 1. The maximum absolute atomic E-state index is 13.0. The second kappa shape index (κ2) is 9.22. The molecule has 1 N–H and O–H groups in total. The van der Waals surface area contributed by atoms with Gasteiger partial charge >= 0.3 is 0 Å². The lowest BCUT2D eigenvalue weighted by atomic mass is 10.1. The van der Waals surface area contributed by atoms with Crippen molar-refractivity contribution in [3.05, 3.63) is 64.2 Å². The van der Waals surface area contributed by atoms with Crippen LogP contribution in [0, 0.1) is 13.8 Å². The van der Waals surface area contributed by atoms with Crippen LogP contribution in [0.4, 0.5) is 5.69 Å². The Bertz CT molecular complexity index is 863. The molecule has 6 heteroatoms. The first-order chi connectivity index (χ1) is 13.4. The van der Waals surface area contributed by atoms with Gasteiger partial charge in [-0.15, -0.1) is 0 Å². The molecule has 0 bridgehead atoms. The van der Waals surface area contributed by atoms with Crippen LogP contribution in [0.1, 0.15) is 34.3 Å². The van der Waals surface area contributed by atoms with Crippen molar-refractivity contribution in [1.29, 1.82) is 0 Å². The fraction of sp³-hybridized carbons (Fsp3) is 0.364. The molecule has 1 atom stereocenters. The summed E-state index contributed by atoms with van der Waals surface area (Å²) in [4.78, 5) is 27.3. The summed E-state index contributed by atoms with van der Waals surface area (Å²) >= 11 is 6.03. The lowest BCUT2D eigenvalue weighted by Crippen LogP contribution is -2.42. The van der Waals surface area contributed by atoms with Crippen LogP contribution in [0.15, 0.2) is 42.5 Å². The summed E-state index contributed by atoms with van der Waals surface area (Å²) in [5.41, 5.74) is 3.34. The van der Waals surface area contributed by atoms with Crippen molar-refractivity contribution in [2.75, 3.05) is 25.0 Å². The molecule has 148 valence electrons. The second-order valence-corrected chi connectivity index (χ2v) is 7.56. The highest BCUT2D eigenvalue weighted by Gasteiger charge is 2.25. The van der Waals surface area contributed by atoms with Crippen molar-refractivity contribution < 1.29 is 14.3 Å². The van der Waals surface area contributed by atoms with E-state index in [4.69, 9.17) is 16.3 Å². The number of rotatable bonds is 6. The first-order valence-electron chi connectivity index (χ1n) is 9.46. The predicted octanol–water partition coefficient (Wildman–Crippen LogP) is 4.22. The molecule has 1 aliphatic heterocycles. The highest BCUT2D eigenvalue weighted by Crippen LogP contribution is 2.19. The van der Waals surface area contributed by atoms with Crippen molar-refractivity contribution in [3.63, 3.8) is 0 Å². The number of nitrogens with one attached hydrogen (secondary N) is 1. The monoisotopic (exact) mass is 400 g/mol. The molecule has 1 fully saturated rings. The summed E-state index contributed by atoms with van der Waals surface area (Å²) in [5, 5.41) is 3.41. The van der Waals surface area contributed by atoms with Crippen molar-refractivity contribution in [3.8, 4) is 0 Å². The van der Waals surface area contributed by atoms with Gasteiger partial charge < -0.3 is 15.0 Å². The maximum Gasteiger partial charge on any atom is 0.254 e. The van der Waals surface area contributed by atoms with Crippen LogP contribution in [-0.2, 0) is 9.53 Å². The number of aryl methyl sites for hydroxylation is 1. The van der Waals surface area contributed by atoms with E-state index in [1.165, 1.54) is 0 Å². The molecule has 0 spiro atoms. The number of halogens is 1. The third kappa shape index (κ3) is 5.12. The van der Waals surface area contributed by atoms with Crippen LogP contribution in [0.25, 0.3) is 0 Å². The van der Waals surface area contributed by atoms with Crippen LogP contribution in [-0.4, -0.2) is 42.5 Å². The maximum atomic E-state index is 13.0. The average molecular weight is 401 g/mol. The molecule has 28 heavy (non-hydrogen) atoms. The quantitative estimate of drug-likeness (QED) is 0.789. The molecule has 0 radical (unpaired) electrons. The molecule has 2 aromatic carbocycles. The Balaban J connectivity index is 1.75. The molecule has 1 aliphatic rings. The van der Waals surface area contributed by atoms with E-state index >= 15 is 0 Å². The molecular formula is C22H25ClN2O3. The van der Waals surface area contributed by atoms with E-state index in [2.05, 4.69) is 5.32 Å². The molecule has 1 heterocycles. The van der Waals surface area contributed by atoms with Gasteiger partial charge in [-0.05, 0) is 62.1 Å². The first kappa shape index (κ1) is 20.4. The molecule has 1 saturated heterocycles. The summed E-state index contributed by atoms with van der Waals surface area (Å²) < 4.78 is 5.68. The summed E-state index contributed by atoms with van der Waals surface area (Å²) in [7, 11) is 0. The summed E-state index contributed by atoms with van der Waals surface area (Å²) in [6.45, 7) is 4.99. The van der Waals surface area contributed by atoms with E-state index < -0.39 is 0 Å². The highest BCUT2D eigenvalue weighted by atomic mass is 35.5. The zero-order valence-corrected chi connectivity index (χ0v) is 17.0. The molecule has 0 aromatic heterocycles. The number of anilines is 1. The lowest BCUT2D eigenvalue weighted by Gasteiger charge is -2.25. The minimum Gasteiger partial charge on any atom is -0.376 e. The smallest absolute Gasteiger partial charge is 0.254 e. The third-order valence-electron chi connectivity index (χ3n) is 5.02. The SMILES string of the molecule is Cc1cccc(NC(=O)CN(C[C@@H]2CCCO2)C(=O)c2cccc(Cl)c2)c1C. The molecule has 2 aromatic rings. The standard InChI is InChI=1S/C22H25ClN2O3/c1-15-6-3-10-20(16(15)2)24-21(26)14-25(13-19-9-5-11-28-19)22(27)17-7-4-8-18(23)12-17/h3-4,6-8,10,12,19H,5,9,11,13-14H2,1-2H3,(H,24,26)/t19-/m0/s1. The molecule has 3 rings (SSSR count). The molecule has 0 unspecified atom stereocenters. The van der Waals surface area contributed by atoms with Gasteiger partial charge in [-0.1, -0.05) is 29.8 Å². The predicted molar refractivity (Wildman–Crippen MR) is 111 cm³/mol. The number of carbonyl (C=O) groups is 2. The normalized spacial score (nSPS) is 16.0. The number of carbonyl (C=O) groups excluding carboxylic acids is 2. The number of hydrogen-bond donors (Lipinski definition) is 1. The fourth-order valence-corrected chi connectivity index (χ4v) is 3.50. The van der Waals surface area contributed by atoms with E-state index in [9.17, 15) is 9.59 Å². The van der Waals surface area contributed by atoms with Crippen LogP contribution >= 0.6 is 11.6 Å².